The largest absolute Gasteiger partial charge is 0.397 e. The minimum atomic E-state index is -0.489. The highest BCUT2D eigenvalue weighted by molar-refractivity contribution is 9.10. The van der Waals surface area contributed by atoms with Crippen LogP contribution in [0.5, 0.6) is 0 Å². The number of rotatable bonds is 2. The fourth-order valence-corrected chi connectivity index (χ4v) is 2.00. The number of halogens is 2. The lowest BCUT2D eigenvalue weighted by atomic mass is 10.0. The Bertz CT molecular complexity index is 675. The molecule has 0 radical (unpaired) electrons. The number of pyridine rings is 1. The molecule has 2 N–H and O–H groups in total. The van der Waals surface area contributed by atoms with E-state index in [0.29, 0.717) is 10.0 Å². The molecule has 1 aromatic carbocycles. The zero-order valence-electron chi connectivity index (χ0n) is 9.77. The zero-order valence-corrected chi connectivity index (χ0v) is 11.4. The van der Waals surface area contributed by atoms with Crippen LogP contribution in [-0.2, 0) is 0 Å². The Morgan fingerprint density at radius 3 is 2.74 bits per heavy atom. The van der Waals surface area contributed by atoms with Gasteiger partial charge in [-0.1, -0.05) is 12.1 Å². The quantitative estimate of drug-likeness (QED) is 0.864. The molecule has 0 saturated heterocycles. The molecule has 0 saturated carbocycles. The van der Waals surface area contributed by atoms with Crippen molar-refractivity contribution < 1.29 is 4.39 Å². The molecule has 0 aliphatic rings. The first kappa shape index (κ1) is 13.2. The van der Waals surface area contributed by atoms with Gasteiger partial charge in [0, 0.05) is 23.5 Å². The van der Waals surface area contributed by atoms with Gasteiger partial charge in [-0.25, -0.2) is 4.39 Å². The van der Waals surface area contributed by atoms with E-state index in [1.54, 1.807) is 30.5 Å². The molecule has 1 aromatic heterocycles. The van der Waals surface area contributed by atoms with Crippen molar-refractivity contribution in [2.24, 2.45) is 5.73 Å². The third kappa shape index (κ3) is 2.64. The van der Waals surface area contributed by atoms with Crippen LogP contribution in [-0.4, -0.2) is 4.98 Å². The molecule has 2 rings (SSSR count). The first-order chi connectivity index (χ1) is 9.15. The van der Waals surface area contributed by atoms with E-state index < -0.39 is 5.82 Å². The zero-order chi connectivity index (χ0) is 13.8. The van der Waals surface area contributed by atoms with Crippen LogP contribution in [0.4, 0.5) is 4.39 Å². The summed E-state index contributed by atoms with van der Waals surface area (Å²) in [4.78, 5) is 3.93. The van der Waals surface area contributed by atoms with E-state index in [1.807, 2.05) is 6.07 Å². The Morgan fingerprint density at radius 2 is 2.11 bits per heavy atom. The summed E-state index contributed by atoms with van der Waals surface area (Å²) in [6.45, 7) is 0. The van der Waals surface area contributed by atoms with E-state index >= 15 is 0 Å². The number of nitriles is 1. The lowest BCUT2D eigenvalue weighted by Gasteiger charge is -2.08. The smallest absolute Gasteiger partial charge is 0.146 e. The molecule has 0 atom stereocenters. The van der Waals surface area contributed by atoms with E-state index in [2.05, 4.69) is 20.9 Å². The van der Waals surface area contributed by atoms with Crippen LogP contribution in [0.15, 0.2) is 47.2 Å². The minimum absolute atomic E-state index is 0.0919. The van der Waals surface area contributed by atoms with Crippen LogP contribution in [0.3, 0.4) is 0 Å². The Kier molecular flexibility index (Phi) is 3.93. The number of allylic oxidation sites excluding steroid dienone is 1. The predicted molar refractivity (Wildman–Crippen MR) is 75.0 cm³/mol. The van der Waals surface area contributed by atoms with Gasteiger partial charge < -0.3 is 5.73 Å². The average molecular weight is 318 g/mol. The number of nitrogens with two attached hydrogens (primary N) is 1. The van der Waals surface area contributed by atoms with Crippen molar-refractivity contribution in [1.29, 1.82) is 5.26 Å². The van der Waals surface area contributed by atoms with Gasteiger partial charge >= 0.3 is 0 Å². The highest BCUT2D eigenvalue weighted by Crippen LogP contribution is 2.27. The highest BCUT2D eigenvalue weighted by atomic mass is 79.9. The van der Waals surface area contributed by atoms with Crippen LogP contribution in [0, 0.1) is 17.1 Å². The first-order valence-electron chi connectivity index (χ1n) is 5.39. The second-order valence-corrected chi connectivity index (χ2v) is 4.60. The van der Waals surface area contributed by atoms with Crippen LogP contribution in [0.25, 0.3) is 11.3 Å². The van der Waals surface area contributed by atoms with Crippen LogP contribution in [0.1, 0.15) is 11.1 Å². The van der Waals surface area contributed by atoms with Gasteiger partial charge in [0.05, 0.1) is 15.7 Å². The monoisotopic (exact) mass is 317 g/mol. The molecule has 94 valence electrons. The van der Waals surface area contributed by atoms with Crippen molar-refractivity contribution in [2.75, 3.05) is 0 Å². The van der Waals surface area contributed by atoms with E-state index in [9.17, 15) is 9.65 Å². The standard InChI is InChI=1S/C14H9BrFN3/c15-12-5-1-4-10(13(12)16)14(18)11(7-17)9-3-2-6-19-8-9/h1-6,8H,18H2/b14-11-. The molecule has 0 unspecified atom stereocenters. The molecule has 2 aromatic rings. The highest BCUT2D eigenvalue weighted by Gasteiger charge is 2.13. The molecule has 5 heteroatoms. The summed E-state index contributed by atoms with van der Waals surface area (Å²) in [6.07, 6.45) is 3.11. The molecule has 0 amide bonds. The number of nitrogens with zero attached hydrogens (tertiary/aromatic N) is 2. The van der Waals surface area contributed by atoms with Gasteiger partial charge in [-0.05, 0) is 34.1 Å². The number of benzene rings is 1. The molecule has 3 nitrogen and oxygen atoms in total. The molecular formula is C14H9BrFN3. The summed E-state index contributed by atoms with van der Waals surface area (Å²) < 4.78 is 14.3. The van der Waals surface area contributed by atoms with Crippen molar-refractivity contribution in [2.45, 2.75) is 0 Å². The summed E-state index contributed by atoms with van der Waals surface area (Å²) in [7, 11) is 0. The maximum atomic E-state index is 14.0. The molecule has 0 fully saturated rings. The van der Waals surface area contributed by atoms with Gasteiger partial charge in [0.25, 0.3) is 0 Å². The van der Waals surface area contributed by atoms with Gasteiger partial charge in [-0.15, -0.1) is 0 Å². The normalized spacial score (nSPS) is 11.6. The second kappa shape index (κ2) is 5.63. The Labute approximate surface area is 118 Å². The fraction of sp³-hybridized carbons (Fsp3) is 0. The molecule has 0 spiro atoms. The van der Waals surface area contributed by atoms with Gasteiger partial charge in [-0.3, -0.25) is 4.98 Å². The Balaban J connectivity index is 2.63. The SMILES string of the molecule is N#C/C(=C(/N)c1cccc(Br)c1F)c1cccnc1. The van der Waals surface area contributed by atoms with Crippen molar-refractivity contribution >= 4 is 27.2 Å². The topological polar surface area (TPSA) is 62.7 Å². The summed E-state index contributed by atoms with van der Waals surface area (Å²) in [5.74, 6) is -0.489. The van der Waals surface area contributed by atoms with Crippen molar-refractivity contribution in [3.05, 3.63) is 64.1 Å². The van der Waals surface area contributed by atoms with Crippen molar-refractivity contribution in [3.8, 4) is 6.07 Å². The molecule has 0 aliphatic heterocycles. The lowest BCUT2D eigenvalue weighted by Crippen LogP contribution is -2.03. The molecule has 19 heavy (non-hydrogen) atoms. The predicted octanol–water partition coefficient (Wildman–Crippen LogP) is 3.33. The van der Waals surface area contributed by atoms with Gasteiger partial charge in [0.15, 0.2) is 0 Å². The summed E-state index contributed by atoms with van der Waals surface area (Å²) >= 11 is 3.09. The second-order valence-electron chi connectivity index (χ2n) is 3.74. The molecule has 0 bridgehead atoms. The molecule has 1 heterocycles. The maximum absolute atomic E-state index is 14.0. The van der Waals surface area contributed by atoms with Crippen LogP contribution in [0.2, 0.25) is 0 Å². The van der Waals surface area contributed by atoms with E-state index in [-0.39, 0.29) is 16.8 Å². The van der Waals surface area contributed by atoms with Crippen LogP contribution < -0.4 is 5.73 Å². The minimum Gasteiger partial charge on any atom is -0.397 e. The lowest BCUT2D eigenvalue weighted by molar-refractivity contribution is 0.617. The average Bonchev–Trinajstić information content (AvgIpc) is 2.44. The van der Waals surface area contributed by atoms with Gasteiger partial charge in [0.1, 0.15) is 11.9 Å². The van der Waals surface area contributed by atoms with E-state index in [0.717, 1.165) is 0 Å². The third-order valence-corrected chi connectivity index (χ3v) is 3.19. The molecular weight excluding hydrogens is 309 g/mol. The van der Waals surface area contributed by atoms with Crippen LogP contribution >= 0.6 is 15.9 Å². The Morgan fingerprint density at radius 1 is 1.32 bits per heavy atom. The Hall–Kier alpha value is -2.19. The summed E-state index contributed by atoms with van der Waals surface area (Å²) in [6, 6.07) is 10.2. The van der Waals surface area contributed by atoms with E-state index in [1.165, 1.54) is 12.3 Å². The maximum Gasteiger partial charge on any atom is 0.146 e. The number of hydrogen-bond acceptors (Lipinski definition) is 3. The van der Waals surface area contributed by atoms with Crippen molar-refractivity contribution in [1.82, 2.24) is 4.98 Å². The molecule has 0 aliphatic carbocycles. The number of hydrogen-bond donors (Lipinski definition) is 1. The van der Waals surface area contributed by atoms with Gasteiger partial charge in [0.2, 0.25) is 0 Å². The van der Waals surface area contributed by atoms with Crippen molar-refractivity contribution in [3.63, 3.8) is 0 Å². The first-order valence-corrected chi connectivity index (χ1v) is 6.19. The summed E-state index contributed by atoms with van der Waals surface area (Å²) in [5, 5.41) is 9.22. The summed E-state index contributed by atoms with van der Waals surface area (Å²) in [5.41, 5.74) is 6.96. The fourth-order valence-electron chi connectivity index (χ4n) is 1.64. The van der Waals surface area contributed by atoms with Gasteiger partial charge in [-0.2, -0.15) is 5.26 Å². The number of aromatic nitrogens is 1. The third-order valence-electron chi connectivity index (χ3n) is 2.57. The van der Waals surface area contributed by atoms with E-state index in [4.69, 9.17) is 5.73 Å².